The van der Waals surface area contributed by atoms with Crippen LogP contribution in [0.3, 0.4) is 0 Å². The zero-order chi connectivity index (χ0) is 19.8. The maximum atomic E-state index is 12.1. The van der Waals surface area contributed by atoms with Crippen molar-refractivity contribution in [3.05, 3.63) is 71.8 Å². The third kappa shape index (κ3) is 5.71. The second kappa shape index (κ2) is 9.19. The lowest BCUT2D eigenvalue weighted by atomic mass is 10.2. The van der Waals surface area contributed by atoms with Gasteiger partial charge in [0.15, 0.2) is 0 Å². The zero-order valence-electron chi connectivity index (χ0n) is 14.9. The van der Waals surface area contributed by atoms with Crippen molar-refractivity contribution in [3.63, 3.8) is 0 Å². The first-order valence-electron chi connectivity index (χ1n) is 7.86. The largest absolute Gasteiger partial charge is 0.465 e. The van der Waals surface area contributed by atoms with Gasteiger partial charge in [0.25, 0.3) is 0 Å². The smallest absolute Gasteiger partial charge is 0.343 e. The minimum Gasteiger partial charge on any atom is -0.465 e. The third-order valence-corrected chi connectivity index (χ3v) is 3.34. The normalized spacial score (nSPS) is 9.85. The first-order chi connectivity index (χ1) is 12.9. The molecule has 0 radical (unpaired) electrons. The molecule has 140 valence electrons. The molecule has 27 heavy (non-hydrogen) atoms. The zero-order valence-corrected chi connectivity index (χ0v) is 14.9. The van der Waals surface area contributed by atoms with Crippen LogP contribution < -0.4 is 9.47 Å². The lowest BCUT2D eigenvalue weighted by Crippen LogP contribution is -2.11. The Bertz CT molecular complexity index is 836. The molecule has 0 N–H and O–H groups in total. The van der Waals surface area contributed by atoms with Gasteiger partial charge in [-0.05, 0) is 55.5 Å². The number of rotatable bonds is 7. The first-order valence-corrected chi connectivity index (χ1v) is 7.86. The van der Waals surface area contributed by atoms with Crippen LogP contribution in [0.5, 0.6) is 11.5 Å². The maximum Gasteiger partial charge on any atom is 0.343 e. The molecule has 0 spiro atoms. The molecule has 0 heterocycles. The Morgan fingerprint density at radius 1 is 0.852 bits per heavy atom. The van der Waals surface area contributed by atoms with Crippen LogP contribution in [0.25, 0.3) is 0 Å². The second-order valence-electron chi connectivity index (χ2n) is 5.40. The van der Waals surface area contributed by atoms with Gasteiger partial charge in [-0.2, -0.15) is 0 Å². The van der Waals surface area contributed by atoms with E-state index in [-0.39, 0.29) is 12.4 Å². The van der Waals surface area contributed by atoms with E-state index < -0.39 is 17.9 Å². The van der Waals surface area contributed by atoms with Gasteiger partial charge in [-0.3, -0.25) is 0 Å². The molecule has 0 aliphatic carbocycles. The fourth-order valence-electron chi connectivity index (χ4n) is 1.90. The Balaban J connectivity index is 1.90. The number of carbonyl (C=O) groups is 3. The highest BCUT2D eigenvalue weighted by atomic mass is 16.7. The summed E-state index contributed by atoms with van der Waals surface area (Å²) in [7, 11) is 1.29. The van der Waals surface area contributed by atoms with Crippen LogP contribution in [0.1, 0.15) is 27.6 Å². The third-order valence-electron chi connectivity index (χ3n) is 3.34. The summed E-state index contributed by atoms with van der Waals surface area (Å²) in [6.45, 7) is 4.73. The Hall–Kier alpha value is -3.61. The van der Waals surface area contributed by atoms with E-state index in [1.54, 1.807) is 12.1 Å². The standard InChI is InChI=1S/C20H18O7/c1-13(2)18(21)26-12-25-16-8-4-15(5-9-16)20(23)27-17-10-6-14(7-11-17)19(22)24-3/h4-11H,1,12H2,2-3H3. The van der Waals surface area contributed by atoms with Crippen molar-refractivity contribution in [2.45, 2.75) is 6.92 Å². The molecular formula is C20H18O7. The average molecular weight is 370 g/mol. The van der Waals surface area contributed by atoms with E-state index >= 15 is 0 Å². The van der Waals surface area contributed by atoms with Crippen LogP contribution in [-0.4, -0.2) is 31.8 Å². The summed E-state index contributed by atoms with van der Waals surface area (Å²) < 4.78 is 19.9. The number of carbonyl (C=O) groups excluding carboxylic acids is 3. The van der Waals surface area contributed by atoms with E-state index in [4.69, 9.17) is 14.2 Å². The molecule has 0 fully saturated rings. The van der Waals surface area contributed by atoms with Crippen molar-refractivity contribution in [2.24, 2.45) is 0 Å². The van der Waals surface area contributed by atoms with Crippen LogP contribution in [0.4, 0.5) is 0 Å². The van der Waals surface area contributed by atoms with Crippen molar-refractivity contribution < 1.29 is 33.3 Å². The molecule has 0 unspecified atom stereocenters. The average Bonchev–Trinajstić information content (AvgIpc) is 2.68. The van der Waals surface area contributed by atoms with Gasteiger partial charge in [0.2, 0.25) is 6.79 Å². The predicted molar refractivity (Wildman–Crippen MR) is 95.6 cm³/mol. The summed E-state index contributed by atoms with van der Waals surface area (Å²) in [5.41, 5.74) is 0.931. The number of hydrogen-bond acceptors (Lipinski definition) is 7. The van der Waals surface area contributed by atoms with Crippen molar-refractivity contribution >= 4 is 17.9 Å². The fraction of sp³-hybridized carbons (Fsp3) is 0.150. The van der Waals surface area contributed by atoms with Crippen LogP contribution in [0, 0.1) is 0 Å². The number of ether oxygens (including phenoxy) is 4. The van der Waals surface area contributed by atoms with Gasteiger partial charge in [0.05, 0.1) is 18.2 Å². The number of esters is 3. The number of benzene rings is 2. The molecule has 2 rings (SSSR count). The van der Waals surface area contributed by atoms with E-state index in [9.17, 15) is 14.4 Å². The van der Waals surface area contributed by atoms with E-state index in [0.29, 0.717) is 22.6 Å². The number of hydrogen-bond donors (Lipinski definition) is 0. The Morgan fingerprint density at radius 3 is 1.89 bits per heavy atom. The Kier molecular flexibility index (Phi) is 6.71. The van der Waals surface area contributed by atoms with Gasteiger partial charge in [-0.15, -0.1) is 0 Å². The van der Waals surface area contributed by atoms with Gasteiger partial charge >= 0.3 is 17.9 Å². The lowest BCUT2D eigenvalue weighted by Gasteiger charge is -2.08. The first kappa shape index (κ1) is 19.7. The summed E-state index contributed by atoms with van der Waals surface area (Å²) in [6, 6.07) is 12.1. The predicted octanol–water partition coefficient (Wildman–Crippen LogP) is 3.15. The molecule has 0 aliphatic heterocycles. The molecule has 2 aromatic carbocycles. The monoisotopic (exact) mass is 370 g/mol. The maximum absolute atomic E-state index is 12.1. The summed E-state index contributed by atoms with van der Waals surface area (Å²) in [5, 5.41) is 0. The SMILES string of the molecule is C=C(C)C(=O)OCOc1ccc(C(=O)Oc2ccc(C(=O)OC)cc2)cc1. The Morgan fingerprint density at radius 2 is 1.37 bits per heavy atom. The highest BCUT2D eigenvalue weighted by Crippen LogP contribution is 2.17. The van der Waals surface area contributed by atoms with E-state index in [0.717, 1.165) is 0 Å². The van der Waals surface area contributed by atoms with Crippen LogP contribution >= 0.6 is 0 Å². The molecular weight excluding hydrogens is 352 g/mol. The molecule has 7 nitrogen and oxygen atoms in total. The topological polar surface area (TPSA) is 88.1 Å². The summed E-state index contributed by atoms with van der Waals surface area (Å²) in [4.78, 5) is 34.8. The van der Waals surface area contributed by atoms with Gasteiger partial charge < -0.3 is 18.9 Å². The molecule has 0 atom stereocenters. The number of methoxy groups -OCH3 is 1. The summed E-state index contributed by atoms with van der Waals surface area (Å²) in [6.07, 6.45) is 0. The van der Waals surface area contributed by atoms with E-state index in [1.165, 1.54) is 50.4 Å². The van der Waals surface area contributed by atoms with Crippen molar-refractivity contribution in [1.29, 1.82) is 0 Å². The quantitative estimate of drug-likeness (QED) is 0.320. The van der Waals surface area contributed by atoms with E-state index in [1.807, 2.05) is 0 Å². The van der Waals surface area contributed by atoms with E-state index in [2.05, 4.69) is 11.3 Å². The van der Waals surface area contributed by atoms with Crippen molar-refractivity contribution in [2.75, 3.05) is 13.9 Å². The molecule has 7 heteroatoms. The highest BCUT2D eigenvalue weighted by Gasteiger charge is 2.11. The van der Waals surface area contributed by atoms with Crippen LogP contribution in [-0.2, 0) is 14.3 Å². The molecule has 0 aromatic heterocycles. The van der Waals surface area contributed by atoms with Crippen molar-refractivity contribution in [1.82, 2.24) is 0 Å². The van der Waals surface area contributed by atoms with Gasteiger partial charge in [0, 0.05) is 5.57 Å². The molecule has 0 amide bonds. The van der Waals surface area contributed by atoms with Crippen LogP contribution in [0.2, 0.25) is 0 Å². The van der Waals surface area contributed by atoms with Crippen LogP contribution in [0.15, 0.2) is 60.7 Å². The highest BCUT2D eigenvalue weighted by molar-refractivity contribution is 5.92. The molecule has 0 saturated carbocycles. The summed E-state index contributed by atoms with van der Waals surface area (Å²) in [5.74, 6) is -0.880. The minimum atomic E-state index is -0.568. The molecule has 2 aromatic rings. The molecule has 0 bridgehead atoms. The summed E-state index contributed by atoms with van der Waals surface area (Å²) >= 11 is 0. The second-order valence-corrected chi connectivity index (χ2v) is 5.40. The fourth-order valence-corrected chi connectivity index (χ4v) is 1.90. The van der Waals surface area contributed by atoms with Crippen molar-refractivity contribution in [3.8, 4) is 11.5 Å². The lowest BCUT2D eigenvalue weighted by molar-refractivity contribution is -0.145. The Labute approximate surface area is 156 Å². The minimum absolute atomic E-state index is 0.262. The van der Waals surface area contributed by atoms with Gasteiger partial charge in [-0.1, -0.05) is 6.58 Å². The van der Waals surface area contributed by atoms with Gasteiger partial charge in [-0.25, -0.2) is 14.4 Å². The molecule has 0 saturated heterocycles. The van der Waals surface area contributed by atoms with Gasteiger partial charge in [0.1, 0.15) is 11.5 Å². The molecule has 0 aliphatic rings.